The molecule has 0 saturated carbocycles. The third kappa shape index (κ3) is 3.82. The van der Waals surface area contributed by atoms with E-state index in [2.05, 4.69) is 16.2 Å². The van der Waals surface area contributed by atoms with Gasteiger partial charge in [0.1, 0.15) is 5.75 Å². The first kappa shape index (κ1) is 18.9. The molecule has 1 amide bonds. The van der Waals surface area contributed by atoms with Gasteiger partial charge in [-0.3, -0.25) is 4.79 Å². The van der Waals surface area contributed by atoms with Crippen molar-refractivity contribution in [2.24, 2.45) is 0 Å². The minimum atomic E-state index is 0.211. The summed E-state index contributed by atoms with van der Waals surface area (Å²) in [6, 6.07) is 17.9. The summed E-state index contributed by atoms with van der Waals surface area (Å²) in [7, 11) is 0. The minimum absolute atomic E-state index is 0.211. The van der Waals surface area contributed by atoms with Crippen molar-refractivity contribution in [3.63, 3.8) is 0 Å². The van der Waals surface area contributed by atoms with Gasteiger partial charge in [0.2, 0.25) is 17.6 Å². The van der Waals surface area contributed by atoms with Gasteiger partial charge in [0.15, 0.2) is 0 Å². The van der Waals surface area contributed by atoms with Crippen molar-refractivity contribution in [3.8, 4) is 17.1 Å². The summed E-state index contributed by atoms with van der Waals surface area (Å²) in [4.78, 5) is 19.5. The molecule has 1 aromatic heterocycles. The molecule has 0 radical (unpaired) electrons. The van der Waals surface area contributed by atoms with Gasteiger partial charge < -0.3 is 14.2 Å². The number of carbonyl (C=O) groups excluding carboxylic acids is 1. The standard InChI is InChI=1S/C24H25N3O3/c28-22(16-19-12-15-29-21-9-5-4-8-20(19)21)27-13-10-18(11-14-27)24-25-23(26-30-24)17-6-2-1-3-7-17/h1-9,18-19H,10-16H2. The Morgan fingerprint density at radius 1 is 1.00 bits per heavy atom. The van der Waals surface area contributed by atoms with E-state index in [0.29, 0.717) is 24.7 Å². The average molecular weight is 403 g/mol. The molecule has 3 heterocycles. The van der Waals surface area contributed by atoms with Crippen LogP contribution in [0, 0.1) is 0 Å². The molecule has 0 aliphatic carbocycles. The predicted molar refractivity (Wildman–Crippen MR) is 112 cm³/mol. The Hall–Kier alpha value is -3.15. The largest absolute Gasteiger partial charge is 0.493 e. The molecule has 30 heavy (non-hydrogen) atoms. The lowest BCUT2D eigenvalue weighted by atomic mass is 9.89. The number of nitrogens with zero attached hydrogens (tertiary/aromatic N) is 3. The number of benzene rings is 2. The first-order valence-electron chi connectivity index (χ1n) is 10.7. The topological polar surface area (TPSA) is 68.5 Å². The van der Waals surface area contributed by atoms with E-state index in [9.17, 15) is 4.79 Å². The highest BCUT2D eigenvalue weighted by atomic mass is 16.5. The number of hydrogen-bond donors (Lipinski definition) is 0. The molecule has 2 aromatic carbocycles. The second-order valence-corrected chi connectivity index (χ2v) is 8.05. The molecule has 1 unspecified atom stereocenters. The van der Waals surface area contributed by atoms with Gasteiger partial charge >= 0.3 is 0 Å². The van der Waals surface area contributed by atoms with Gasteiger partial charge in [-0.1, -0.05) is 53.7 Å². The molecule has 3 aromatic rings. The summed E-state index contributed by atoms with van der Waals surface area (Å²) in [5, 5.41) is 4.14. The van der Waals surface area contributed by atoms with Crippen LogP contribution in [0.5, 0.6) is 5.75 Å². The van der Waals surface area contributed by atoms with E-state index in [-0.39, 0.29) is 17.7 Å². The Balaban J connectivity index is 1.19. The van der Waals surface area contributed by atoms with Gasteiger partial charge in [-0.2, -0.15) is 4.98 Å². The fourth-order valence-corrected chi connectivity index (χ4v) is 4.45. The van der Waals surface area contributed by atoms with Crippen LogP contribution in [0.15, 0.2) is 59.1 Å². The molecular formula is C24H25N3O3. The number of hydrogen-bond acceptors (Lipinski definition) is 5. The van der Waals surface area contributed by atoms with Crippen molar-refractivity contribution in [2.75, 3.05) is 19.7 Å². The number of amides is 1. The Kier molecular flexibility index (Phi) is 5.22. The van der Waals surface area contributed by atoms with Crippen molar-refractivity contribution < 1.29 is 14.1 Å². The van der Waals surface area contributed by atoms with Gasteiger partial charge in [-0.25, -0.2) is 0 Å². The van der Waals surface area contributed by atoms with Crippen molar-refractivity contribution in [3.05, 3.63) is 66.1 Å². The molecule has 2 aliphatic rings. The molecule has 2 aliphatic heterocycles. The highest BCUT2D eigenvalue weighted by Crippen LogP contribution is 2.36. The van der Waals surface area contributed by atoms with Crippen LogP contribution in [-0.4, -0.2) is 40.6 Å². The van der Waals surface area contributed by atoms with Crippen LogP contribution >= 0.6 is 0 Å². The molecule has 1 fully saturated rings. The summed E-state index contributed by atoms with van der Waals surface area (Å²) < 4.78 is 11.3. The van der Waals surface area contributed by atoms with Crippen LogP contribution in [0.2, 0.25) is 0 Å². The van der Waals surface area contributed by atoms with E-state index < -0.39 is 0 Å². The Morgan fingerprint density at radius 3 is 2.60 bits per heavy atom. The van der Waals surface area contributed by atoms with E-state index in [0.717, 1.165) is 49.2 Å². The third-order valence-electron chi connectivity index (χ3n) is 6.17. The number of carbonyl (C=O) groups is 1. The second kappa shape index (κ2) is 8.30. The fraction of sp³-hybridized carbons (Fsp3) is 0.375. The molecular weight excluding hydrogens is 378 g/mol. The van der Waals surface area contributed by atoms with Crippen molar-refractivity contribution >= 4 is 5.91 Å². The SMILES string of the molecule is O=C(CC1CCOc2ccccc21)N1CCC(c2nc(-c3ccccc3)no2)CC1. The predicted octanol–water partition coefficient (Wildman–Crippen LogP) is 4.40. The van der Waals surface area contributed by atoms with E-state index in [4.69, 9.17) is 9.26 Å². The van der Waals surface area contributed by atoms with Gasteiger partial charge in [0.25, 0.3) is 0 Å². The molecule has 0 N–H and O–H groups in total. The quantitative estimate of drug-likeness (QED) is 0.646. The number of para-hydroxylation sites is 1. The Labute approximate surface area is 175 Å². The molecule has 6 nitrogen and oxygen atoms in total. The zero-order valence-corrected chi connectivity index (χ0v) is 16.9. The van der Waals surface area contributed by atoms with E-state index in [1.54, 1.807) is 0 Å². The lowest BCUT2D eigenvalue weighted by Gasteiger charge is -2.32. The molecule has 6 heteroatoms. The van der Waals surface area contributed by atoms with Crippen LogP contribution in [-0.2, 0) is 4.79 Å². The summed E-state index contributed by atoms with van der Waals surface area (Å²) in [5.41, 5.74) is 2.11. The van der Waals surface area contributed by atoms with Gasteiger partial charge in [-0.05, 0) is 36.8 Å². The number of ether oxygens (including phenoxy) is 1. The Morgan fingerprint density at radius 2 is 1.77 bits per heavy atom. The number of rotatable bonds is 4. The van der Waals surface area contributed by atoms with Crippen molar-refractivity contribution in [1.82, 2.24) is 15.0 Å². The zero-order valence-electron chi connectivity index (χ0n) is 16.9. The number of fused-ring (bicyclic) bond motifs is 1. The van der Waals surface area contributed by atoms with E-state index in [1.807, 2.05) is 53.4 Å². The fourth-order valence-electron chi connectivity index (χ4n) is 4.45. The number of piperidine rings is 1. The molecule has 1 atom stereocenters. The summed E-state index contributed by atoms with van der Waals surface area (Å²) in [5.74, 6) is 2.91. The van der Waals surface area contributed by atoms with Crippen molar-refractivity contribution in [1.29, 1.82) is 0 Å². The molecule has 154 valence electrons. The molecule has 1 saturated heterocycles. The summed E-state index contributed by atoms with van der Waals surface area (Å²) in [6.07, 6.45) is 3.15. The second-order valence-electron chi connectivity index (χ2n) is 8.05. The van der Waals surface area contributed by atoms with Gasteiger partial charge in [-0.15, -0.1) is 0 Å². The lowest BCUT2D eigenvalue weighted by molar-refractivity contribution is -0.132. The average Bonchev–Trinajstić information content (AvgIpc) is 3.30. The monoisotopic (exact) mass is 403 g/mol. The Bertz CT molecular complexity index is 1010. The zero-order chi connectivity index (χ0) is 20.3. The van der Waals surface area contributed by atoms with Crippen LogP contribution < -0.4 is 4.74 Å². The summed E-state index contributed by atoms with van der Waals surface area (Å²) >= 11 is 0. The van der Waals surface area contributed by atoms with Crippen LogP contribution in [0.3, 0.4) is 0 Å². The maximum absolute atomic E-state index is 12.9. The highest BCUT2D eigenvalue weighted by molar-refractivity contribution is 5.77. The van der Waals surface area contributed by atoms with Gasteiger partial charge in [0.05, 0.1) is 6.61 Å². The molecule has 5 rings (SSSR count). The highest BCUT2D eigenvalue weighted by Gasteiger charge is 2.30. The van der Waals surface area contributed by atoms with Gasteiger partial charge in [0, 0.05) is 31.0 Å². The third-order valence-corrected chi connectivity index (χ3v) is 6.17. The van der Waals surface area contributed by atoms with Crippen molar-refractivity contribution in [2.45, 2.75) is 37.5 Å². The maximum atomic E-state index is 12.9. The van der Waals surface area contributed by atoms with E-state index >= 15 is 0 Å². The number of likely N-dealkylation sites (tertiary alicyclic amines) is 1. The number of aromatic nitrogens is 2. The van der Waals surface area contributed by atoms with E-state index in [1.165, 1.54) is 0 Å². The first-order valence-corrected chi connectivity index (χ1v) is 10.7. The maximum Gasteiger partial charge on any atom is 0.230 e. The minimum Gasteiger partial charge on any atom is -0.493 e. The first-order chi connectivity index (χ1) is 14.8. The van der Waals surface area contributed by atoms with Crippen LogP contribution in [0.1, 0.15) is 49.0 Å². The molecule has 0 spiro atoms. The van der Waals surface area contributed by atoms with Crippen LogP contribution in [0.4, 0.5) is 0 Å². The van der Waals surface area contributed by atoms with Crippen LogP contribution in [0.25, 0.3) is 11.4 Å². The summed E-state index contributed by atoms with van der Waals surface area (Å²) in [6.45, 7) is 2.15. The smallest absolute Gasteiger partial charge is 0.230 e. The normalized spacial score (nSPS) is 19.2. The molecule has 0 bridgehead atoms. The lowest BCUT2D eigenvalue weighted by Crippen LogP contribution is -2.38.